The second-order valence-electron chi connectivity index (χ2n) is 18.1. The lowest BCUT2D eigenvalue weighted by Gasteiger charge is -2.40. The van der Waals surface area contributed by atoms with E-state index in [1.165, 1.54) is 0 Å². The zero-order valence-electron chi connectivity index (χ0n) is 38.4. The number of esters is 2. The van der Waals surface area contributed by atoms with Crippen molar-refractivity contribution in [3.05, 3.63) is 120 Å². The minimum atomic E-state index is -0.831. The Labute approximate surface area is 400 Å². The second-order valence-corrected chi connectivity index (χ2v) is 18.9. The fraction of sp³-hybridized carbons (Fsp3) is 0.490. The number of likely N-dealkylation sites (tertiary alicyclic amines) is 1. The van der Waals surface area contributed by atoms with E-state index in [4.69, 9.17) is 60.5 Å². The molecule has 2 saturated carbocycles. The fourth-order valence-corrected chi connectivity index (χ4v) is 9.80. The first-order valence-electron chi connectivity index (χ1n) is 23.1. The molecular weight excluding hydrogens is 903 g/mol. The molecule has 358 valence electrons. The SMILES string of the molecule is COCCCc1cc(CN(C(=O)[C@H]2CN(CC3=C(C)OC(=O)C3)CC[C@@H]2c2ccc(OCCOc3c(Cl)cc(C)cc3Cl)cc2)C2CC2)cc(OC[C@@H]2C[C@H]2C(=O)OCc2oc(=O)oc2C)c1. The Hall–Kier alpha value is -5.28. The molecule has 3 heterocycles. The standard InChI is InChI=1S/C51H58Cl2N2O12/c1-30-18-44(52)48(45(53)19-30)62-17-16-61-39-11-7-35(8-12-39)41-13-14-54(26-36-24-47(56)65-31(36)2)27-43(41)49(57)55(38-9-10-38)25-34-20-33(6-5-15-60-4)21-40(22-34)63-28-37-23-42(37)50(58)64-29-46-32(3)66-51(59)67-46/h7-8,11-12,18-22,37-38,41-43H,5-6,9-10,13-17,23-29H2,1-4H3/t37-,41+,42+,43-/m0/s1. The lowest BCUT2D eigenvalue weighted by molar-refractivity contribution is -0.147. The first-order chi connectivity index (χ1) is 32.3. The van der Waals surface area contributed by atoms with Crippen LogP contribution >= 0.6 is 23.2 Å². The predicted molar refractivity (Wildman–Crippen MR) is 248 cm³/mol. The molecule has 67 heavy (non-hydrogen) atoms. The number of halogens is 2. The molecule has 2 aliphatic heterocycles. The molecule has 0 unspecified atom stereocenters. The van der Waals surface area contributed by atoms with Gasteiger partial charge in [-0.3, -0.25) is 19.3 Å². The van der Waals surface area contributed by atoms with Crippen molar-refractivity contribution in [2.75, 3.05) is 53.2 Å². The first-order valence-corrected chi connectivity index (χ1v) is 23.8. The van der Waals surface area contributed by atoms with Gasteiger partial charge in [0, 0.05) is 45.3 Å². The molecule has 1 saturated heterocycles. The van der Waals surface area contributed by atoms with E-state index in [1.54, 1.807) is 26.2 Å². The van der Waals surface area contributed by atoms with Gasteiger partial charge in [-0.1, -0.05) is 41.4 Å². The average Bonchev–Trinajstić information content (AvgIpc) is 4.23. The molecule has 0 spiro atoms. The zero-order valence-corrected chi connectivity index (χ0v) is 40.0. The van der Waals surface area contributed by atoms with Crippen LogP contribution in [-0.2, 0) is 48.2 Å². The Bertz CT molecular complexity index is 2490. The van der Waals surface area contributed by atoms with Gasteiger partial charge in [0.25, 0.3) is 0 Å². The number of piperidine rings is 1. The number of benzene rings is 3. The molecule has 0 radical (unpaired) electrons. The van der Waals surface area contributed by atoms with Gasteiger partial charge in [-0.15, -0.1) is 0 Å². The molecule has 14 nitrogen and oxygen atoms in total. The molecule has 0 N–H and O–H groups in total. The average molecular weight is 962 g/mol. The highest BCUT2D eigenvalue weighted by Crippen LogP contribution is 2.42. The minimum absolute atomic E-state index is 0.0207. The number of allylic oxidation sites excluding steroid dienone is 1. The van der Waals surface area contributed by atoms with Crippen LogP contribution < -0.4 is 20.0 Å². The van der Waals surface area contributed by atoms with Gasteiger partial charge in [0.1, 0.15) is 30.5 Å². The van der Waals surface area contributed by atoms with Crippen molar-refractivity contribution in [3.63, 3.8) is 0 Å². The molecule has 1 aromatic heterocycles. The Kier molecular flexibility index (Phi) is 15.7. The third-order valence-electron chi connectivity index (χ3n) is 12.9. The van der Waals surface area contributed by atoms with Crippen LogP contribution in [0.3, 0.4) is 0 Å². The summed E-state index contributed by atoms with van der Waals surface area (Å²) in [5.74, 6) is 0.832. The quantitative estimate of drug-likeness (QED) is 0.0545. The topological polar surface area (TPSA) is 156 Å². The van der Waals surface area contributed by atoms with Crippen molar-refractivity contribution in [1.82, 2.24) is 9.80 Å². The maximum Gasteiger partial charge on any atom is 0.519 e. The normalized spacial score (nSPS) is 20.4. The summed E-state index contributed by atoms with van der Waals surface area (Å²) in [5, 5.41) is 0.899. The van der Waals surface area contributed by atoms with Crippen LogP contribution in [0.5, 0.6) is 17.2 Å². The third-order valence-corrected chi connectivity index (χ3v) is 13.5. The number of cyclic esters (lactones) is 1. The number of aryl methyl sites for hydroxylation is 3. The van der Waals surface area contributed by atoms with Gasteiger partial charge in [0.2, 0.25) is 5.91 Å². The van der Waals surface area contributed by atoms with Crippen molar-refractivity contribution in [2.24, 2.45) is 17.8 Å². The summed E-state index contributed by atoms with van der Waals surface area (Å²) >= 11 is 12.7. The minimum Gasteiger partial charge on any atom is -0.493 e. The highest BCUT2D eigenvalue weighted by molar-refractivity contribution is 6.37. The van der Waals surface area contributed by atoms with E-state index in [0.29, 0.717) is 72.3 Å². The first kappa shape index (κ1) is 48.2. The van der Waals surface area contributed by atoms with Crippen LogP contribution in [0, 0.1) is 31.6 Å². The van der Waals surface area contributed by atoms with Crippen molar-refractivity contribution >= 4 is 41.0 Å². The van der Waals surface area contributed by atoms with E-state index in [1.807, 2.05) is 38.1 Å². The van der Waals surface area contributed by atoms with Crippen LogP contribution in [0.2, 0.25) is 10.0 Å². The lowest BCUT2D eigenvalue weighted by Crippen LogP contribution is -2.49. The molecule has 2 aliphatic carbocycles. The molecule has 0 bridgehead atoms. The van der Waals surface area contributed by atoms with Crippen LogP contribution in [0.15, 0.2) is 79.6 Å². The monoisotopic (exact) mass is 960 g/mol. The molecule has 16 heteroatoms. The number of ether oxygens (including phenoxy) is 6. The van der Waals surface area contributed by atoms with Gasteiger partial charge >= 0.3 is 17.8 Å². The lowest BCUT2D eigenvalue weighted by atomic mass is 9.79. The van der Waals surface area contributed by atoms with Crippen LogP contribution in [-0.4, -0.2) is 86.9 Å². The molecule has 3 aromatic carbocycles. The van der Waals surface area contributed by atoms with Gasteiger partial charge < -0.3 is 42.2 Å². The van der Waals surface area contributed by atoms with Crippen molar-refractivity contribution in [3.8, 4) is 17.2 Å². The summed E-state index contributed by atoms with van der Waals surface area (Å²) in [6, 6.07) is 17.9. The van der Waals surface area contributed by atoms with E-state index < -0.39 is 5.82 Å². The number of nitrogens with zero attached hydrogens (tertiary/aromatic N) is 2. The van der Waals surface area contributed by atoms with E-state index in [-0.39, 0.29) is 85.3 Å². The summed E-state index contributed by atoms with van der Waals surface area (Å²) in [6.07, 6.45) is 5.09. The molecule has 4 atom stereocenters. The highest BCUT2D eigenvalue weighted by atomic mass is 35.5. The number of rotatable bonds is 22. The van der Waals surface area contributed by atoms with Gasteiger partial charge in [0.15, 0.2) is 23.9 Å². The van der Waals surface area contributed by atoms with Crippen LogP contribution in [0.4, 0.5) is 0 Å². The van der Waals surface area contributed by atoms with Crippen LogP contribution in [0.25, 0.3) is 0 Å². The summed E-state index contributed by atoms with van der Waals surface area (Å²) in [6.45, 7) is 8.90. The smallest absolute Gasteiger partial charge is 0.493 e. The molecule has 1 amide bonds. The van der Waals surface area contributed by atoms with Crippen LogP contribution in [0.1, 0.15) is 85.1 Å². The zero-order chi connectivity index (χ0) is 47.2. The van der Waals surface area contributed by atoms with Crippen molar-refractivity contribution < 1.29 is 51.6 Å². The van der Waals surface area contributed by atoms with E-state index in [9.17, 15) is 14.4 Å². The maximum atomic E-state index is 15.2. The van der Waals surface area contributed by atoms with Gasteiger partial charge in [-0.05, 0) is 136 Å². The highest BCUT2D eigenvalue weighted by Gasteiger charge is 2.45. The molecule has 8 rings (SSSR count). The number of methoxy groups -OCH3 is 1. The third kappa shape index (κ3) is 12.6. The predicted octanol–water partition coefficient (Wildman–Crippen LogP) is 8.77. The largest absolute Gasteiger partial charge is 0.519 e. The fourth-order valence-electron chi connectivity index (χ4n) is 9.09. The maximum absolute atomic E-state index is 15.2. The molecule has 4 aromatic rings. The number of amides is 1. The summed E-state index contributed by atoms with van der Waals surface area (Å²) in [4.78, 5) is 55.9. The Morgan fingerprint density at radius 1 is 0.851 bits per heavy atom. The number of carbonyl (C=O) groups is 3. The van der Waals surface area contributed by atoms with E-state index in [2.05, 4.69) is 28.0 Å². The summed E-state index contributed by atoms with van der Waals surface area (Å²) in [7, 11) is 1.69. The van der Waals surface area contributed by atoms with Gasteiger partial charge in [-0.2, -0.15) is 0 Å². The van der Waals surface area contributed by atoms with Crippen molar-refractivity contribution in [2.45, 2.75) is 90.8 Å². The Morgan fingerprint density at radius 3 is 2.28 bits per heavy atom. The molecular formula is C51H58Cl2N2O12. The van der Waals surface area contributed by atoms with E-state index in [0.717, 1.165) is 66.5 Å². The number of hydrogen-bond donors (Lipinski definition) is 0. The van der Waals surface area contributed by atoms with Crippen molar-refractivity contribution in [1.29, 1.82) is 0 Å². The number of hydrogen-bond acceptors (Lipinski definition) is 13. The summed E-state index contributed by atoms with van der Waals surface area (Å²) < 4.78 is 44.3. The van der Waals surface area contributed by atoms with Gasteiger partial charge in [-0.25, -0.2) is 4.79 Å². The number of carbonyl (C=O) groups excluding carboxylic acids is 3. The molecule has 3 fully saturated rings. The summed E-state index contributed by atoms with van der Waals surface area (Å²) in [5.41, 5.74) is 5.01. The van der Waals surface area contributed by atoms with E-state index >= 15 is 4.79 Å². The Morgan fingerprint density at radius 2 is 1.60 bits per heavy atom. The second kappa shape index (κ2) is 21.8. The van der Waals surface area contributed by atoms with Gasteiger partial charge in [0.05, 0.1) is 34.9 Å². The Balaban J connectivity index is 0.952. The molecule has 4 aliphatic rings.